The highest BCUT2D eigenvalue weighted by Crippen LogP contribution is 2.24. The predicted molar refractivity (Wildman–Crippen MR) is 90.6 cm³/mol. The van der Waals surface area contributed by atoms with E-state index in [1.165, 1.54) is 11.1 Å². The number of ether oxygens (including phenoxy) is 1. The minimum absolute atomic E-state index is 0.216. The summed E-state index contributed by atoms with van der Waals surface area (Å²) in [5.74, 6) is 0. The van der Waals surface area contributed by atoms with E-state index in [0.717, 1.165) is 24.1 Å². The molecular weight excluding hydrogens is 276 g/mol. The van der Waals surface area contributed by atoms with E-state index in [0.29, 0.717) is 13.1 Å². The van der Waals surface area contributed by atoms with Crippen LogP contribution in [0, 0.1) is 6.92 Å². The van der Waals surface area contributed by atoms with Crippen LogP contribution in [0.4, 0.5) is 10.5 Å². The summed E-state index contributed by atoms with van der Waals surface area (Å²) in [5.41, 5.74) is 9.97. The number of carbonyl (C=O) groups excluding carboxylic acids is 1. The molecule has 1 heterocycles. The van der Waals surface area contributed by atoms with E-state index in [1.807, 2.05) is 39.8 Å². The lowest BCUT2D eigenvalue weighted by molar-refractivity contribution is 0.0237. The Balaban J connectivity index is 1.99. The molecule has 0 radical (unpaired) electrons. The van der Waals surface area contributed by atoms with Gasteiger partial charge < -0.3 is 15.4 Å². The third-order valence-corrected chi connectivity index (χ3v) is 3.83. The number of piperidine rings is 1. The SMILES string of the molecule is Cc1c(N)cccc1C=C1CCN(C(=O)OC(C)(C)C)CC1. The lowest BCUT2D eigenvalue weighted by Gasteiger charge is -2.31. The van der Waals surface area contributed by atoms with Crippen molar-refractivity contribution in [2.75, 3.05) is 18.8 Å². The number of benzene rings is 1. The highest BCUT2D eigenvalue weighted by Gasteiger charge is 2.24. The number of likely N-dealkylation sites (tertiary alicyclic amines) is 1. The van der Waals surface area contributed by atoms with Crippen LogP contribution in [0.3, 0.4) is 0 Å². The highest BCUT2D eigenvalue weighted by atomic mass is 16.6. The summed E-state index contributed by atoms with van der Waals surface area (Å²) in [6.45, 7) is 9.13. The Morgan fingerprint density at radius 3 is 2.50 bits per heavy atom. The largest absolute Gasteiger partial charge is 0.444 e. The second-order valence-electron chi connectivity index (χ2n) is 6.83. The minimum atomic E-state index is -0.439. The third kappa shape index (κ3) is 4.26. The zero-order chi connectivity index (χ0) is 16.3. The molecular formula is C18H26N2O2. The zero-order valence-electron chi connectivity index (χ0n) is 14.0. The van der Waals surface area contributed by atoms with E-state index >= 15 is 0 Å². The fraction of sp³-hybridized carbons (Fsp3) is 0.500. The molecule has 4 nitrogen and oxygen atoms in total. The van der Waals surface area contributed by atoms with Gasteiger partial charge in [-0.25, -0.2) is 4.79 Å². The first kappa shape index (κ1) is 16.4. The lowest BCUT2D eigenvalue weighted by atomic mass is 9.98. The maximum absolute atomic E-state index is 12.0. The maximum atomic E-state index is 12.0. The van der Waals surface area contributed by atoms with Crippen molar-refractivity contribution in [2.24, 2.45) is 0 Å². The average molecular weight is 302 g/mol. The standard InChI is InChI=1S/C18H26N2O2/c1-13-15(6-5-7-16(13)19)12-14-8-10-20(11-9-14)17(21)22-18(2,3)4/h5-7,12H,8-11,19H2,1-4H3. The van der Waals surface area contributed by atoms with Crippen LogP contribution in [-0.4, -0.2) is 29.7 Å². The fourth-order valence-electron chi connectivity index (χ4n) is 2.50. The molecule has 0 aliphatic carbocycles. The molecule has 120 valence electrons. The van der Waals surface area contributed by atoms with Crippen molar-refractivity contribution in [2.45, 2.75) is 46.1 Å². The molecule has 0 saturated carbocycles. The number of carbonyl (C=O) groups is 1. The molecule has 22 heavy (non-hydrogen) atoms. The van der Waals surface area contributed by atoms with Gasteiger partial charge in [0.1, 0.15) is 5.60 Å². The molecule has 1 fully saturated rings. The smallest absolute Gasteiger partial charge is 0.410 e. The number of hydrogen-bond donors (Lipinski definition) is 1. The molecule has 1 aliphatic heterocycles. The van der Waals surface area contributed by atoms with Gasteiger partial charge in [0, 0.05) is 18.8 Å². The highest BCUT2D eigenvalue weighted by molar-refractivity contribution is 5.69. The van der Waals surface area contributed by atoms with Crippen LogP contribution < -0.4 is 5.73 Å². The monoisotopic (exact) mass is 302 g/mol. The van der Waals surface area contributed by atoms with Crippen LogP contribution >= 0.6 is 0 Å². The number of hydrogen-bond acceptors (Lipinski definition) is 3. The first-order chi connectivity index (χ1) is 10.3. The number of nitrogens with zero attached hydrogens (tertiary/aromatic N) is 1. The Morgan fingerprint density at radius 2 is 1.91 bits per heavy atom. The molecule has 4 heteroatoms. The molecule has 1 aliphatic rings. The van der Waals surface area contributed by atoms with Crippen molar-refractivity contribution in [1.82, 2.24) is 4.90 Å². The minimum Gasteiger partial charge on any atom is -0.444 e. The molecule has 2 rings (SSSR count). The summed E-state index contributed by atoms with van der Waals surface area (Å²) in [6.07, 6.45) is 3.76. The van der Waals surface area contributed by atoms with E-state index in [4.69, 9.17) is 10.5 Å². The normalized spacial score (nSPS) is 15.6. The third-order valence-electron chi connectivity index (χ3n) is 3.83. The topological polar surface area (TPSA) is 55.6 Å². The van der Waals surface area contributed by atoms with E-state index < -0.39 is 5.60 Å². The molecule has 0 spiro atoms. The number of anilines is 1. The Kier molecular flexibility index (Phi) is 4.79. The summed E-state index contributed by atoms with van der Waals surface area (Å²) in [5, 5.41) is 0. The Bertz CT molecular complexity index is 575. The van der Waals surface area contributed by atoms with Crippen molar-refractivity contribution in [3.05, 3.63) is 34.9 Å². The molecule has 1 aromatic carbocycles. The molecule has 1 aromatic rings. The molecule has 0 bridgehead atoms. The van der Waals surface area contributed by atoms with Gasteiger partial charge in [0.05, 0.1) is 0 Å². The van der Waals surface area contributed by atoms with Gasteiger partial charge in [-0.05, 0) is 57.7 Å². The van der Waals surface area contributed by atoms with Gasteiger partial charge in [0.25, 0.3) is 0 Å². The Morgan fingerprint density at radius 1 is 1.27 bits per heavy atom. The Hall–Kier alpha value is -1.97. The lowest BCUT2D eigenvalue weighted by Crippen LogP contribution is -2.40. The van der Waals surface area contributed by atoms with E-state index in [-0.39, 0.29) is 6.09 Å². The number of amides is 1. The van der Waals surface area contributed by atoms with Gasteiger partial charge in [0.15, 0.2) is 0 Å². The number of nitrogen functional groups attached to an aromatic ring is 1. The quantitative estimate of drug-likeness (QED) is 0.798. The Labute approximate surface area is 132 Å². The van der Waals surface area contributed by atoms with E-state index in [9.17, 15) is 4.79 Å². The van der Waals surface area contributed by atoms with Crippen LogP contribution in [0.1, 0.15) is 44.7 Å². The fourth-order valence-corrected chi connectivity index (χ4v) is 2.50. The van der Waals surface area contributed by atoms with Crippen LogP contribution in [0.2, 0.25) is 0 Å². The second-order valence-corrected chi connectivity index (χ2v) is 6.83. The predicted octanol–water partition coefficient (Wildman–Crippen LogP) is 3.99. The summed E-state index contributed by atoms with van der Waals surface area (Å²) < 4.78 is 5.42. The average Bonchev–Trinajstić information content (AvgIpc) is 2.43. The molecule has 0 aromatic heterocycles. The van der Waals surface area contributed by atoms with Gasteiger partial charge >= 0.3 is 6.09 Å². The van der Waals surface area contributed by atoms with Gasteiger partial charge in [-0.15, -0.1) is 0 Å². The van der Waals surface area contributed by atoms with Crippen molar-refractivity contribution in [3.63, 3.8) is 0 Å². The molecule has 0 atom stereocenters. The van der Waals surface area contributed by atoms with E-state index in [1.54, 1.807) is 4.90 Å². The second kappa shape index (κ2) is 6.42. The molecule has 1 amide bonds. The van der Waals surface area contributed by atoms with Gasteiger partial charge in [-0.1, -0.05) is 23.8 Å². The van der Waals surface area contributed by atoms with Gasteiger partial charge in [0.2, 0.25) is 0 Å². The van der Waals surface area contributed by atoms with Gasteiger partial charge in [-0.2, -0.15) is 0 Å². The van der Waals surface area contributed by atoms with Crippen LogP contribution in [0.15, 0.2) is 23.8 Å². The molecule has 2 N–H and O–H groups in total. The number of rotatable bonds is 1. The van der Waals surface area contributed by atoms with E-state index in [2.05, 4.69) is 12.1 Å². The van der Waals surface area contributed by atoms with Gasteiger partial charge in [-0.3, -0.25) is 0 Å². The summed E-state index contributed by atoms with van der Waals surface area (Å²) in [4.78, 5) is 13.8. The van der Waals surface area contributed by atoms with Crippen LogP contribution in [-0.2, 0) is 4.74 Å². The summed E-state index contributed by atoms with van der Waals surface area (Å²) in [7, 11) is 0. The van der Waals surface area contributed by atoms with Crippen molar-refractivity contribution in [1.29, 1.82) is 0 Å². The first-order valence-electron chi connectivity index (χ1n) is 7.79. The van der Waals surface area contributed by atoms with Crippen molar-refractivity contribution < 1.29 is 9.53 Å². The summed E-state index contributed by atoms with van der Waals surface area (Å²) in [6, 6.07) is 5.98. The van der Waals surface area contributed by atoms with Crippen LogP contribution in [0.5, 0.6) is 0 Å². The first-order valence-corrected chi connectivity index (χ1v) is 7.79. The summed E-state index contributed by atoms with van der Waals surface area (Å²) >= 11 is 0. The van der Waals surface area contributed by atoms with Crippen LogP contribution in [0.25, 0.3) is 6.08 Å². The maximum Gasteiger partial charge on any atom is 0.410 e. The number of nitrogens with two attached hydrogens (primary N) is 1. The molecule has 0 unspecified atom stereocenters. The zero-order valence-corrected chi connectivity index (χ0v) is 14.0. The van der Waals surface area contributed by atoms with Crippen molar-refractivity contribution >= 4 is 17.9 Å². The molecule has 1 saturated heterocycles. The van der Waals surface area contributed by atoms with Crippen molar-refractivity contribution in [3.8, 4) is 0 Å².